The Bertz CT molecular complexity index is 854. The summed E-state index contributed by atoms with van der Waals surface area (Å²) in [6.07, 6.45) is 0. The summed E-state index contributed by atoms with van der Waals surface area (Å²) in [5.41, 5.74) is 2.26. The molecule has 0 unspecified atom stereocenters. The molecule has 0 aliphatic carbocycles. The minimum Gasteiger partial charge on any atom is -0.495 e. The normalized spacial score (nSPS) is 14.0. The van der Waals surface area contributed by atoms with E-state index in [0.29, 0.717) is 13.2 Å². The van der Waals surface area contributed by atoms with Crippen LogP contribution >= 0.6 is 24.0 Å². The molecule has 3 rings (SSSR count). The lowest BCUT2D eigenvalue weighted by Gasteiger charge is -2.38. The van der Waals surface area contributed by atoms with Gasteiger partial charge in [0, 0.05) is 39.8 Å². The Balaban J connectivity index is 0.00000341. The molecule has 0 aromatic heterocycles. The van der Waals surface area contributed by atoms with Crippen molar-refractivity contribution < 1.29 is 14.2 Å². The third-order valence-electron chi connectivity index (χ3n) is 5.20. The van der Waals surface area contributed by atoms with Crippen LogP contribution in [0.2, 0.25) is 0 Å². The SMILES string of the molecule is CCOc1ccc(CNC(=NC)N2CCN(c3ccccc3OC)CC2)cc1OC.I. The summed E-state index contributed by atoms with van der Waals surface area (Å²) in [5.74, 6) is 3.33. The first-order valence-electron chi connectivity index (χ1n) is 10.3. The fourth-order valence-corrected chi connectivity index (χ4v) is 3.66. The van der Waals surface area contributed by atoms with Crippen LogP contribution in [0.5, 0.6) is 17.2 Å². The molecule has 0 radical (unpaired) electrons. The van der Waals surface area contributed by atoms with Gasteiger partial charge < -0.3 is 29.3 Å². The molecule has 2 aromatic rings. The third-order valence-corrected chi connectivity index (χ3v) is 5.20. The zero-order valence-corrected chi connectivity index (χ0v) is 21.1. The van der Waals surface area contributed by atoms with Crippen molar-refractivity contribution in [2.75, 3.05) is 59.0 Å². The topological polar surface area (TPSA) is 58.6 Å². The summed E-state index contributed by atoms with van der Waals surface area (Å²) in [4.78, 5) is 9.13. The average Bonchev–Trinajstić information content (AvgIpc) is 2.80. The summed E-state index contributed by atoms with van der Waals surface area (Å²) < 4.78 is 16.6. The van der Waals surface area contributed by atoms with Gasteiger partial charge in [-0.3, -0.25) is 4.99 Å². The zero-order valence-electron chi connectivity index (χ0n) is 18.8. The van der Waals surface area contributed by atoms with Gasteiger partial charge in [-0.15, -0.1) is 24.0 Å². The number of guanidine groups is 1. The number of piperazine rings is 1. The Kier molecular flexibility index (Phi) is 10.0. The van der Waals surface area contributed by atoms with Crippen LogP contribution in [-0.4, -0.2) is 64.9 Å². The van der Waals surface area contributed by atoms with Crippen LogP contribution in [0.25, 0.3) is 0 Å². The standard InChI is InChI=1S/C23H32N4O3.HI/c1-5-30-21-11-10-18(16-22(21)29-4)17-25-23(24-2)27-14-12-26(13-15-27)19-8-6-7-9-20(19)28-3;/h6-11,16H,5,12-15,17H2,1-4H3,(H,24,25);1H. The maximum Gasteiger partial charge on any atom is 0.194 e. The van der Waals surface area contributed by atoms with Crippen LogP contribution < -0.4 is 24.4 Å². The lowest BCUT2D eigenvalue weighted by molar-refractivity contribution is 0.310. The van der Waals surface area contributed by atoms with Gasteiger partial charge in [-0.1, -0.05) is 18.2 Å². The highest BCUT2D eigenvalue weighted by Gasteiger charge is 2.21. The summed E-state index contributed by atoms with van der Waals surface area (Å²) in [6, 6.07) is 14.2. The Labute approximate surface area is 202 Å². The maximum absolute atomic E-state index is 5.60. The molecule has 1 aliphatic heterocycles. The quantitative estimate of drug-likeness (QED) is 0.329. The van der Waals surface area contributed by atoms with Crippen molar-refractivity contribution in [3.8, 4) is 17.2 Å². The second-order valence-corrected chi connectivity index (χ2v) is 6.96. The number of anilines is 1. The first kappa shape index (κ1) is 24.9. The smallest absolute Gasteiger partial charge is 0.194 e. The lowest BCUT2D eigenvalue weighted by atomic mass is 10.2. The van der Waals surface area contributed by atoms with E-state index in [1.165, 1.54) is 0 Å². The number of halogens is 1. The van der Waals surface area contributed by atoms with Gasteiger partial charge in [0.05, 0.1) is 26.5 Å². The van der Waals surface area contributed by atoms with Crippen LogP contribution in [0.1, 0.15) is 12.5 Å². The number of aliphatic imine (C=N–C) groups is 1. The molecule has 1 saturated heterocycles. The minimum atomic E-state index is 0. The van der Waals surface area contributed by atoms with Gasteiger partial charge in [-0.2, -0.15) is 0 Å². The van der Waals surface area contributed by atoms with Crippen molar-refractivity contribution in [2.45, 2.75) is 13.5 Å². The lowest BCUT2D eigenvalue weighted by Crippen LogP contribution is -2.52. The molecule has 0 saturated carbocycles. The molecule has 0 atom stereocenters. The van der Waals surface area contributed by atoms with E-state index in [9.17, 15) is 0 Å². The van der Waals surface area contributed by atoms with E-state index in [0.717, 1.165) is 60.6 Å². The molecule has 8 heteroatoms. The number of nitrogens with zero attached hydrogens (tertiary/aromatic N) is 3. The van der Waals surface area contributed by atoms with Gasteiger partial charge in [0.1, 0.15) is 5.75 Å². The molecule has 0 spiro atoms. The van der Waals surface area contributed by atoms with Crippen LogP contribution in [0, 0.1) is 0 Å². The van der Waals surface area contributed by atoms with Gasteiger partial charge in [0.15, 0.2) is 17.5 Å². The molecule has 1 aliphatic rings. The molecule has 0 bridgehead atoms. The molecular weight excluding hydrogens is 507 g/mol. The van der Waals surface area contributed by atoms with Crippen molar-refractivity contribution in [1.82, 2.24) is 10.2 Å². The molecule has 1 fully saturated rings. The number of nitrogens with one attached hydrogen (secondary N) is 1. The summed E-state index contributed by atoms with van der Waals surface area (Å²) in [7, 11) is 5.21. The second kappa shape index (κ2) is 12.5. The third kappa shape index (κ3) is 6.32. The number of methoxy groups -OCH3 is 2. The van der Waals surface area contributed by atoms with Gasteiger partial charge in [0.2, 0.25) is 0 Å². The van der Waals surface area contributed by atoms with Gasteiger partial charge in [-0.05, 0) is 36.8 Å². The number of hydrogen-bond donors (Lipinski definition) is 1. The van der Waals surface area contributed by atoms with Crippen LogP contribution in [-0.2, 0) is 6.54 Å². The fraction of sp³-hybridized carbons (Fsp3) is 0.435. The van der Waals surface area contributed by atoms with Crippen molar-refractivity contribution in [1.29, 1.82) is 0 Å². The average molecular weight is 540 g/mol. The van der Waals surface area contributed by atoms with E-state index in [4.69, 9.17) is 14.2 Å². The largest absolute Gasteiger partial charge is 0.495 e. The number of benzene rings is 2. The van der Waals surface area contributed by atoms with E-state index in [1.807, 2.05) is 44.3 Å². The summed E-state index contributed by atoms with van der Waals surface area (Å²) in [5, 5.41) is 3.47. The zero-order chi connectivity index (χ0) is 21.3. The van der Waals surface area contributed by atoms with Crippen molar-refractivity contribution in [3.05, 3.63) is 48.0 Å². The Morgan fingerprint density at radius 2 is 1.68 bits per heavy atom. The van der Waals surface area contributed by atoms with Crippen LogP contribution in [0.3, 0.4) is 0 Å². The summed E-state index contributed by atoms with van der Waals surface area (Å²) in [6.45, 7) is 6.86. The van der Waals surface area contributed by atoms with Gasteiger partial charge >= 0.3 is 0 Å². The Hall–Kier alpha value is -2.36. The van der Waals surface area contributed by atoms with Crippen molar-refractivity contribution in [2.24, 2.45) is 4.99 Å². The highest BCUT2D eigenvalue weighted by atomic mass is 127. The van der Waals surface area contributed by atoms with E-state index >= 15 is 0 Å². The number of rotatable bonds is 7. The van der Waals surface area contributed by atoms with Crippen molar-refractivity contribution >= 4 is 35.6 Å². The van der Waals surface area contributed by atoms with E-state index in [2.05, 4.69) is 32.2 Å². The predicted octanol–water partition coefficient (Wildman–Crippen LogP) is 3.62. The number of hydrogen-bond acceptors (Lipinski definition) is 5. The van der Waals surface area contributed by atoms with Crippen molar-refractivity contribution in [3.63, 3.8) is 0 Å². The molecule has 1 heterocycles. The first-order valence-corrected chi connectivity index (χ1v) is 10.3. The Morgan fingerprint density at radius 3 is 2.32 bits per heavy atom. The number of ether oxygens (including phenoxy) is 3. The molecule has 7 nitrogen and oxygen atoms in total. The maximum atomic E-state index is 5.60. The molecule has 31 heavy (non-hydrogen) atoms. The van der Waals surface area contributed by atoms with E-state index in [-0.39, 0.29) is 24.0 Å². The molecular formula is C23H33IN4O3. The fourth-order valence-electron chi connectivity index (χ4n) is 3.66. The molecule has 1 N–H and O–H groups in total. The van der Waals surface area contributed by atoms with Crippen LogP contribution in [0.4, 0.5) is 5.69 Å². The van der Waals surface area contributed by atoms with E-state index < -0.39 is 0 Å². The molecule has 170 valence electrons. The van der Waals surface area contributed by atoms with Gasteiger partial charge in [0.25, 0.3) is 0 Å². The van der Waals surface area contributed by atoms with Crippen LogP contribution in [0.15, 0.2) is 47.5 Å². The monoisotopic (exact) mass is 540 g/mol. The highest BCUT2D eigenvalue weighted by molar-refractivity contribution is 14.0. The molecule has 0 amide bonds. The Morgan fingerprint density at radius 1 is 0.968 bits per heavy atom. The predicted molar refractivity (Wildman–Crippen MR) is 137 cm³/mol. The second-order valence-electron chi connectivity index (χ2n) is 6.96. The minimum absolute atomic E-state index is 0. The molecule has 2 aromatic carbocycles. The van der Waals surface area contributed by atoms with Gasteiger partial charge in [-0.25, -0.2) is 0 Å². The highest BCUT2D eigenvalue weighted by Crippen LogP contribution is 2.29. The first-order chi connectivity index (χ1) is 14.7. The summed E-state index contributed by atoms with van der Waals surface area (Å²) >= 11 is 0. The van der Waals surface area contributed by atoms with E-state index in [1.54, 1.807) is 14.2 Å². The number of para-hydroxylation sites is 2.